The lowest BCUT2D eigenvalue weighted by atomic mass is 10.2. The number of nitrogens with zero attached hydrogens (tertiary/aromatic N) is 2. The first-order valence-electron chi connectivity index (χ1n) is 6.81. The highest BCUT2D eigenvalue weighted by molar-refractivity contribution is 7.98. The van der Waals surface area contributed by atoms with E-state index in [1.807, 2.05) is 47.5 Å². The molecule has 3 N–H and O–H groups in total. The molecule has 1 heterocycles. The molecule has 0 saturated carbocycles. The Kier molecular flexibility index (Phi) is 5.83. The van der Waals surface area contributed by atoms with E-state index in [1.54, 1.807) is 18.0 Å². The minimum absolute atomic E-state index is 0.135. The minimum Gasteiger partial charge on any atom is -0.325 e. The highest BCUT2D eigenvalue weighted by atomic mass is 32.2. The first-order valence-corrected chi connectivity index (χ1v) is 8.20. The van der Waals surface area contributed by atoms with Crippen LogP contribution in [0.25, 0.3) is 0 Å². The third-order valence-corrected chi connectivity index (χ3v) is 3.74. The predicted molar refractivity (Wildman–Crippen MR) is 87.4 cm³/mol. The van der Waals surface area contributed by atoms with Gasteiger partial charge in [-0.2, -0.15) is 16.9 Å². The number of nitrogens with one attached hydrogen (secondary N) is 1. The van der Waals surface area contributed by atoms with Gasteiger partial charge in [0.1, 0.15) is 0 Å². The molecular formula is C15H20N4OS. The number of hydrogen-bond acceptors (Lipinski definition) is 4. The average molecular weight is 304 g/mol. The summed E-state index contributed by atoms with van der Waals surface area (Å²) in [5, 5.41) is 7.00. The molecule has 1 atom stereocenters. The third kappa shape index (κ3) is 4.91. The summed E-state index contributed by atoms with van der Waals surface area (Å²) in [6.45, 7) is 0.717. The van der Waals surface area contributed by atoms with Gasteiger partial charge in [-0.3, -0.25) is 9.48 Å². The van der Waals surface area contributed by atoms with Gasteiger partial charge in [-0.15, -0.1) is 0 Å². The lowest BCUT2D eigenvalue weighted by molar-refractivity contribution is -0.117. The second kappa shape index (κ2) is 7.85. The second-order valence-corrected chi connectivity index (χ2v) is 5.76. The van der Waals surface area contributed by atoms with Crippen LogP contribution in [0, 0.1) is 0 Å². The number of rotatable bonds is 7. The second-order valence-electron chi connectivity index (χ2n) is 4.78. The summed E-state index contributed by atoms with van der Waals surface area (Å²) in [7, 11) is 0. The fourth-order valence-electron chi connectivity index (χ4n) is 1.89. The SMILES string of the molecule is CSCC[C@H](N)C(=O)Nc1ccc(Cn2cccn2)cc1. The smallest absolute Gasteiger partial charge is 0.241 e. The number of carbonyl (C=O) groups excluding carboxylic acids is 1. The van der Waals surface area contributed by atoms with Crippen LogP contribution in [0.5, 0.6) is 0 Å². The molecule has 0 aliphatic heterocycles. The number of aromatic nitrogens is 2. The normalized spacial score (nSPS) is 12.1. The van der Waals surface area contributed by atoms with E-state index in [1.165, 1.54) is 0 Å². The highest BCUT2D eigenvalue weighted by Gasteiger charge is 2.12. The largest absolute Gasteiger partial charge is 0.325 e. The summed E-state index contributed by atoms with van der Waals surface area (Å²) in [5.74, 6) is 0.751. The van der Waals surface area contributed by atoms with Crippen molar-refractivity contribution in [1.29, 1.82) is 0 Å². The van der Waals surface area contributed by atoms with Crippen LogP contribution in [0.1, 0.15) is 12.0 Å². The zero-order valence-electron chi connectivity index (χ0n) is 12.0. The van der Waals surface area contributed by atoms with Gasteiger partial charge in [0.2, 0.25) is 5.91 Å². The minimum atomic E-state index is -0.457. The molecule has 1 amide bonds. The predicted octanol–water partition coefficient (Wildman–Crippen LogP) is 1.95. The van der Waals surface area contributed by atoms with Crippen LogP contribution in [-0.4, -0.2) is 33.7 Å². The first kappa shape index (κ1) is 15.6. The van der Waals surface area contributed by atoms with Crippen molar-refractivity contribution in [2.24, 2.45) is 5.73 Å². The first-order chi connectivity index (χ1) is 10.2. The van der Waals surface area contributed by atoms with Crippen molar-refractivity contribution in [3.8, 4) is 0 Å². The van der Waals surface area contributed by atoms with Crippen molar-refractivity contribution < 1.29 is 4.79 Å². The lowest BCUT2D eigenvalue weighted by Gasteiger charge is -2.12. The quantitative estimate of drug-likeness (QED) is 0.820. The van der Waals surface area contributed by atoms with Crippen molar-refractivity contribution in [2.75, 3.05) is 17.3 Å². The van der Waals surface area contributed by atoms with E-state index in [0.717, 1.165) is 17.0 Å². The van der Waals surface area contributed by atoms with Gasteiger partial charge in [0.05, 0.1) is 12.6 Å². The van der Waals surface area contributed by atoms with E-state index in [2.05, 4.69) is 10.4 Å². The number of carbonyl (C=O) groups is 1. The number of amides is 1. The molecule has 0 aliphatic rings. The summed E-state index contributed by atoms with van der Waals surface area (Å²) < 4.78 is 1.85. The van der Waals surface area contributed by atoms with Crippen molar-refractivity contribution >= 4 is 23.4 Å². The molecule has 0 fully saturated rings. The van der Waals surface area contributed by atoms with E-state index in [9.17, 15) is 4.79 Å². The molecule has 1 aromatic heterocycles. The Labute approximate surface area is 128 Å². The molecule has 0 unspecified atom stereocenters. The molecule has 0 radical (unpaired) electrons. The standard InChI is InChI=1S/C15H20N4OS/c1-21-10-7-14(16)15(20)18-13-5-3-12(4-6-13)11-19-9-2-8-17-19/h2-6,8-9,14H,7,10-11,16H2,1H3,(H,18,20)/t14-/m0/s1. The van der Waals surface area contributed by atoms with Crippen molar-refractivity contribution in [1.82, 2.24) is 9.78 Å². The van der Waals surface area contributed by atoms with Gasteiger partial charge in [0, 0.05) is 18.1 Å². The number of thioether (sulfide) groups is 1. The van der Waals surface area contributed by atoms with Crippen molar-refractivity contribution in [2.45, 2.75) is 19.0 Å². The van der Waals surface area contributed by atoms with Crippen molar-refractivity contribution in [3.05, 3.63) is 48.3 Å². The van der Waals surface area contributed by atoms with E-state index in [0.29, 0.717) is 13.0 Å². The topological polar surface area (TPSA) is 72.9 Å². The van der Waals surface area contributed by atoms with Crippen LogP contribution in [0.3, 0.4) is 0 Å². The molecule has 21 heavy (non-hydrogen) atoms. The average Bonchev–Trinajstić information content (AvgIpc) is 2.99. The third-order valence-electron chi connectivity index (χ3n) is 3.09. The monoisotopic (exact) mass is 304 g/mol. The molecule has 1 aromatic carbocycles. The van der Waals surface area contributed by atoms with Crippen LogP contribution >= 0.6 is 11.8 Å². The van der Waals surface area contributed by atoms with Gasteiger partial charge in [0.25, 0.3) is 0 Å². The number of anilines is 1. The maximum Gasteiger partial charge on any atom is 0.241 e. The summed E-state index contributed by atoms with van der Waals surface area (Å²) in [5.41, 5.74) is 7.73. The van der Waals surface area contributed by atoms with Crippen molar-refractivity contribution in [3.63, 3.8) is 0 Å². The van der Waals surface area contributed by atoms with Gasteiger partial charge in [-0.25, -0.2) is 0 Å². The van der Waals surface area contributed by atoms with Crippen LogP contribution in [0.2, 0.25) is 0 Å². The van der Waals surface area contributed by atoms with Gasteiger partial charge >= 0.3 is 0 Å². The van der Waals surface area contributed by atoms with Crippen LogP contribution in [0.4, 0.5) is 5.69 Å². The fourth-order valence-corrected chi connectivity index (χ4v) is 2.38. The molecule has 0 spiro atoms. The Hall–Kier alpha value is -1.79. The molecule has 5 nitrogen and oxygen atoms in total. The van der Waals surface area contributed by atoms with Gasteiger partial charge < -0.3 is 11.1 Å². The van der Waals surface area contributed by atoms with Gasteiger partial charge in [-0.05, 0) is 42.2 Å². The molecule has 6 heteroatoms. The Bertz CT molecular complexity index is 554. The Balaban J connectivity index is 1.88. The zero-order valence-corrected chi connectivity index (χ0v) is 12.8. The summed E-state index contributed by atoms with van der Waals surface area (Å²) >= 11 is 1.69. The summed E-state index contributed by atoms with van der Waals surface area (Å²) in [4.78, 5) is 11.9. The van der Waals surface area contributed by atoms with E-state index in [4.69, 9.17) is 5.73 Å². The Morgan fingerprint density at radius 3 is 2.81 bits per heavy atom. The molecule has 0 bridgehead atoms. The van der Waals surface area contributed by atoms with Crippen LogP contribution in [-0.2, 0) is 11.3 Å². The summed E-state index contributed by atoms with van der Waals surface area (Å²) in [6, 6.07) is 9.16. The van der Waals surface area contributed by atoms with Gasteiger partial charge in [-0.1, -0.05) is 12.1 Å². The number of benzene rings is 1. The van der Waals surface area contributed by atoms with Gasteiger partial charge in [0.15, 0.2) is 0 Å². The number of nitrogens with two attached hydrogens (primary N) is 1. The van der Waals surface area contributed by atoms with Crippen LogP contribution in [0.15, 0.2) is 42.7 Å². The maximum atomic E-state index is 11.9. The van der Waals surface area contributed by atoms with E-state index < -0.39 is 6.04 Å². The highest BCUT2D eigenvalue weighted by Crippen LogP contribution is 2.11. The molecule has 2 rings (SSSR count). The number of hydrogen-bond donors (Lipinski definition) is 2. The zero-order chi connectivity index (χ0) is 15.1. The molecular weight excluding hydrogens is 284 g/mol. The summed E-state index contributed by atoms with van der Waals surface area (Å²) in [6.07, 6.45) is 6.36. The molecule has 112 valence electrons. The lowest BCUT2D eigenvalue weighted by Crippen LogP contribution is -2.36. The molecule has 0 aliphatic carbocycles. The Morgan fingerprint density at radius 1 is 1.43 bits per heavy atom. The fraction of sp³-hybridized carbons (Fsp3) is 0.333. The van der Waals surface area contributed by atoms with Crippen LogP contribution < -0.4 is 11.1 Å². The Morgan fingerprint density at radius 2 is 2.19 bits per heavy atom. The van der Waals surface area contributed by atoms with E-state index in [-0.39, 0.29) is 5.91 Å². The molecule has 0 saturated heterocycles. The van der Waals surface area contributed by atoms with E-state index >= 15 is 0 Å². The molecule has 2 aromatic rings. The maximum absolute atomic E-state index is 11.9.